The predicted octanol–water partition coefficient (Wildman–Crippen LogP) is 5.39. The average molecular weight is 505 g/mol. The van der Waals surface area contributed by atoms with Crippen molar-refractivity contribution in [3.8, 4) is 0 Å². The van der Waals surface area contributed by atoms with E-state index in [2.05, 4.69) is 12.1 Å². The molecule has 2 aromatic heterocycles. The summed E-state index contributed by atoms with van der Waals surface area (Å²) in [5.74, 6) is -0.432. The zero-order chi connectivity index (χ0) is 24.6. The summed E-state index contributed by atoms with van der Waals surface area (Å²) in [4.78, 5) is 19.6. The molecule has 6 nitrogen and oxygen atoms in total. The molecule has 0 saturated carbocycles. The molecule has 35 heavy (non-hydrogen) atoms. The fourth-order valence-electron chi connectivity index (χ4n) is 4.28. The number of esters is 1. The molecule has 0 amide bonds. The van der Waals surface area contributed by atoms with Gasteiger partial charge in [-0.3, -0.25) is 0 Å². The van der Waals surface area contributed by atoms with Crippen molar-refractivity contribution in [2.45, 2.75) is 24.3 Å². The normalized spacial score (nSPS) is 14.5. The number of benzene rings is 2. The summed E-state index contributed by atoms with van der Waals surface area (Å²) in [6.45, 7) is -0.0288. The molecule has 2 aromatic carbocycles. The molecule has 0 N–H and O–H groups in total. The van der Waals surface area contributed by atoms with Crippen LogP contribution >= 0.6 is 11.3 Å². The quantitative estimate of drug-likeness (QED) is 0.329. The van der Waals surface area contributed by atoms with Gasteiger partial charge in [0.1, 0.15) is 6.61 Å². The van der Waals surface area contributed by atoms with Gasteiger partial charge in [-0.05, 0) is 65.3 Å². The molecule has 0 fully saturated rings. The molecule has 0 saturated heterocycles. The molecule has 0 aliphatic heterocycles. The van der Waals surface area contributed by atoms with Gasteiger partial charge in [0.25, 0.3) is 0 Å². The maximum absolute atomic E-state index is 13.4. The number of carbonyl (C=O) groups excluding carboxylic acids is 1. The Morgan fingerprint density at radius 3 is 2.69 bits per heavy atom. The van der Waals surface area contributed by atoms with Crippen LogP contribution in [0.25, 0.3) is 22.6 Å². The number of para-hydroxylation sites is 1. The summed E-state index contributed by atoms with van der Waals surface area (Å²) < 4.78 is 31.8. The van der Waals surface area contributed by atoms with Crippen molar-refractivity contribution in [2.75, 3.05) is 14.1 Å². The lowest BCUT2D eigenvalue weighted by Crippen LogP contribution is -2.22. The monoisotopic (exact) mass is 504 g/mol. The van der Waals surface area contributed by atoms with E-state index in [0.29, 0.717) is 17.5 Å². The van der Waals surface area contributed by atoms with Gasteiger partial charge in [-0.15, -0.1) is 11.3 Å². The summed E-state index contributed by atoms with van der Waals surface area (Å²) in [5.41, 5.74) is 4.76. The van der Waals surface area contributed by atoms with E-state index in [1.807, 2.05) is 35.7 Å². The second kappa shape index (κ2) is 9.37. The molecule has 0 unspecified atom stereocenters. The van der Waals surface area contributed by atoms with E-state index in [9.17, 15) is 13.2 Å². The molecule has 0 bridgehead atoms. The second-order valence-corrected chi connectivity index (χ2v) is 11.7. The fraction of sp³-hybridized carbons (Fsp3) is 0.185. The van der Waals surface area contributed by atoms with Crippen molar-refractivity contribution in [1.29, 1.82) is 0 Å². The highest BCUT2D eigenvalue weighted by atomic mass is 32.2. The molecule has 1 aliphatic rings. The number of rotatable bonds is 6. The highest BCUT2D eigenvalue weighted by molar-refractivity contribution is 7.89. The fourth-order valence-corrected chi connectivity index (χ4v) is 5.94. The number of carbonyl (C=O) groups is 1. The molecule has 1 aliphatic carbocycles. The van der Waals surface area contributed by atoms with E-state index >= 15 is 0 Å². The summed E-state index contributed by atoms with van der Waals surface area (Å²) in [5, 5.41) is 2.80. The van der Waals surface area contributed by atoms with E-state index in [1.165, 1.54) is 20.2 Å². The van der Waals surface area contributed by atoms with Gasteiger partial charge in [-0.25, -0.2) is 22.5 Å². The molecule has 0 atom stereocenters. The zero-order valence-corrected chi connectivity index (χ0v) is 21.0. The number of thiophene rings is 1. The Hall–Kier alpha value is -3.33. The van der Waals surface area contributed by atoms with Crippen LogP contribution in [0.15, 0.2) is 70.9 Å². The van der Waals surface area contributed by atoms with E-state index < -0.39 is 16.0 Å². The van der Waals surface area contributed by atoms with E-state index in [0.717, 1.165) is 43.3 Å². The topological polar surface area (TPSA) is 76.6 Å². The van der Waals surface area contributed by atoms with Gasteiger partial charge in [0.15, 0.2) is 0 Å². The Morgan fingerprint density at radius 1 is 1.09 bits per heavy atom. The molecule has 2 heterocycles. The first-order chi connectivity index (χ1) is 16.8. The molecule has 178 valence electrons. The Bertz CT molecular complexity index is 1560. The molecule has 5 rings (SSSR count). The van der Waals surface area contributed by atoms with E-state index in [4.69, 9.17) is 9.72 Å². The predicted molar refractivity (Wildman–Crippen MR) is 139 cm³/mol. The highest BCUT2D eigenvalue weighted by Gasteiger charge is 2.28. The Kier molecular flexibility index (Phi) is 6.27. The largest absolute Gasteiger partial charge is 0.457 e. The van der Waals surface area contributed by atoms with Crippen LogP contribution in [0.4, 0.5) is 0 Å². The van der Waals surface area contributed by atoms with Crippen LogP contribution in [-0.4, -0.2) is 37.8 Å². The average Bonchev–Trinajstić information content (AvgIpc) is 3.51. The summed E-state index contributed by atoms with van der Waals surface area (Å²) in [6, 6.07) is 18.2. The van der Waals surface area contributed by atoms with Crippen LogP contribution in [-0.2, 0) is 27.8 Å². The number of hydrogen-bond donors (Lipinski definition) is 0. The van der Waals surface area contributed by atoms with E-state index in [-0.39, 0.29) is 11.5 Å². The van der Waals surface area contributed by atoms with Crippen molar-refractivity contribution in [3.05, 3.63) is 93.3 Å². The minimum absolute atomic E-state index is 0.0288. The van der Waals surface area contributed by atoms with Crippen LogP contribution < -0.4 is 0 Å². The Morgan fingerprint density at radius 2 is 1.91 bits per heavy atom. The second-order valence-electron chi connectivity index (χ2n) is 8.53. The van der Waals surface area contributed by atoms with Gasteiger partial charge in [-0.1, -0.05) is 36.4 Å². The molecular formula is C27H24N2O4S2. The lowest BCUT2D eigenvalue weighted by atomic mass is 10.0. The first kappa shape index (κ1) is 23.4. The van der Waals surface area contributed by atoms with Gasteiger partial charge >= 0.3 is 5.97 Å². The Labute approximate surface area is 208 Å². The first-order valence-corrected chi connectivity index (χ1v) is 13.5. The van der Waals surface area contributed by atoms with Crippen molar-refractivity contribution in [1.82, 2.24) is 9.29 Å². The minimum atomic E-state index is -3.58. The standard InChI is InChI=1S/C27H24N2O4S2/c1-29(2)35(31,32)21-9-5-7-18(15-21)17-33-27(30)25-22-10-3-4-11-24(22)28-26-19(12-13-23(25)26)16-20-8-6-14-34-20/h3-11,14-16H,12-13,17H2,1-2H3/b19-16+. The summed E-state index contributed by atoms with van der Waals surface area (Å²) in [7, 11) is -0.607. The third-order valence-corrected chi connectivity index (χ3v) is 8.68. The van der Waals surface area contributed by atoms with Crippen LogP contribution in [0.2, 0.25) is 0 Å². The number of nitrogens with zero attached hydrogens (tertiary/aromatic N) is 2. The van der Waals surface area contributed by atoms with Crippen molar-refractivity contribution < 1.29 is 17.9 Å². The first-order valence-electron chi connectivity index (χ1n) is 11.2. The number of ether oxygens (including phenoxy) is 1. The third kappa shape index (κ3) is 4.52. The van der Waals surface area contributed by atoms with E-state index in [1.54, 1.807) is 29.5 Å². The van der Waals surface area contributed by atoms with Gasteiger partial charge < -0.3 is 4.74 Å². The number of aromatic nitrogens is 1. The van der Waals surface area contributed by atoms with Gasteiger partial charge in [0, 0.05) is 24.4 Å². The maximum atomic E-state index is 13.4. The number of fused-ring (bicyclic) bond motifs is 2. The smallest absolute Gasteiger partial charge is 0.339 e. The van der Waals surface area contributed by atoms with Crippen molar-refractivity contribution in [2.24, 2.45) is 0 Å². The molecular weight excluding hydrogens is 480 g/mol. The SMILES string of the molecule is CN(C)S(=O)(=O)c1cccc(COC(=O)c2c3c(nc4ccccc24)/C(=C/c2cccs2)CC3)c1. The van der Waals surface area contributed by atoms with Crippen LogP contribution in [0.3, 0.4) is 0 Å². The molecule has 8 heteroatoms. The third-order valence-electron chi connectivity index (χ3n) is 6.05. The van der Waals surface area contributed by atoms with Gasteiger partial charge in [0.05, 0.1) is 21.7 Å². The van der Waals surface area contributed by atoms with Gasteiger partial charge in [-0.2, -0.15) is 0 Å². The van der Waals surface area contributed by atoms with Crippen LogP contribution in [0, 0.1) is 0 Å². The lowest BCUT2D eigenvalue weighted by molar-refractivity contribution is 0.0473. The zero-order valence-electron chi connectivity index (χ0n) is 19.4. The van der Waals surface area contributed by atoms with Crippen molar-refractivity contribution >= 4 is 49.9 Å². The van der Waals surface area contributed by atoms with Gasteiger partial charge in [0.2, 0.25) is 10.0 Å². The highest BCUT2D eigenvalue weighted by Crippen LogP contribution is 2.38. The van der Waals surface area contributed by atoms with Crippen LogP contribution in [0.5, 0.6) is 0 Å². The van der Waals surface area contributed by atoms with Crippen LogP contribution in [0.1, 0.15) is 38.5 Å². The molecule has 0 radical (unpaired) electrons. The summed E-state index contributed by atoms with van der Waals surface area (Å²) in [6.07, 6.45) is 3.66. The molecule has 4 aromatic rings. The minimum Gasteiger partial charge on any atom is -0.457 e. The lowest BCUT2D eigenvalue weighted by Gasteiger charge is -2.14. The molecule has 0 spiro atoms. The number of sulfonamides is 1. The van der Waals surface area contributed by atoms with Crippen molar-refractivity contribution in [3.63, 3.8) is 0 Å². The number of hydrogen-bond acceptors (Lipinski definition) is 6. The summed E-state index contributed by atoms with van der Waals surface area (Å²) >= 11 is 1.67. The number of pyridine rings is 1. The Balaban J connectivity index is 1.48. The number of allylic oxidation sites excluding steroid dienone is 1. The maximum Gasteiger partial charge on any atom is 0.339 e.